The van der Waals surface area contributed by atoms with Crippen molar-refractivity contribution in [2.45, 2.75) is 90.1 Å². The summed E-state index contributed by atoms with van der Waals surface area (Å²) in [4.78, 5) is 31.8. The lowest BCUT2D eigenvalue weighted by atomic mass is 9.79. The highest BCUT2D eigenvalue weighted by atomic mass is 35.5. The number of ether oxygens (including phenoxy) is 6. The van der Waals surface area contributed by atoms with Crippen LogP contribution >= 0.6 is 23.2 Å². The molecule has 3 aromatic carbocycles. The number of hydrogen-bond acceptors (Lipinski definition) is 8. The molecule has 2 aliphatic rings. The summed E-state index contributed by atoms with van der Waals surface area (Å²) in [5, 5.41) is 0.858. The van der Waals surface area contributed by atoms with E-state index in [0.29, 0.717) is 59.8 Å². The van der Waals surface area contributed by atoms with Crippen LogP contribution in [0.15, 0.2) is 54.6 Å². The number of rotatable bonds is 19. The van der Waals surface area contributed by atoms with Crippen molar-refractivity contribution in [1.29, 1.82) is 0 Å². The zero-order chi connectivity index (χ0) is 42.7. The van der Waals surface area contributed by atoms with Crippen LogP contribution in [0.1, 0.15) is 74.6 Å². The van der Waals surface area contributed by atoms with Crippen molar-refractivity contribution in [3.63, 3.8) is 0 Å². The summed E-state index contributed by atoms with van der Waals surface area (Å²) >= 11 is 12.6. The molecule has 1 saturated carbocycles. The Morgan fingerprint density at radius 1 is 0.831 bits per heavy atom. The van der Waals surface area contributed by atoms with Crippen LogP contribution in [-0.4, -0.2) is 99.5 Å². The number of methoxy groups -OCH3 is 1. The molecule has 1 aliphatic heterocycles. The van der Waals surface area contributed by atoms with Gasteiger partial charge in [-0.1, -0.05) is 41.4 Å². The molecule has 1 aliphatic carbocycles. The largest absolute Gasteiger partial charge is 0.491 e. The molecule has 59 heavy (non-hydrogen) atoms. The average molecular weight is 868 g/mol. The second-order valence-electron chi connectivity index (χ2n) is 16.0. The molecule has 2 amide bonds. The van der Waals surface area contributed by atoms with Gasteiger partial charge in [-0.05, 0) is 124 Å². The van der Waals surface area contributed by atoms with Gasteiger partial charge in [0.25, 0.3) is 0 Å². The van der Waals surface area contributed by atoms with Crippen LogP contribution < -0.4 is 14.2 Å². The third-order valence-electron chi connectivity index (χ3n) is 9.86. The summed E-state index contributed by atoms with van der Waals surface area (Å²) in [5.74, 6) is 0.696. The lowest BCUT2D eigenvalue weighted by Crippen LogP contribution is -2.51. The predicted octanol–water partition coefficient (Wildman–Crippen LogP) is 9.83. The fraction of sp³-hybridized carbons (Fsp3) is 0.545. The highest BCUT2D eigenvalue weighted by molar-refractivity contribution is 6.37. The van der Waals surface area contributed by atoms with E-state index in [1.54, 1.807) is 24.1 Å². The number of halogens is 5. The van der Waals surface area contributed by atoms with Crippen molar-refractivity contribution in [1.82, 2.24) is 9.80 Å². The molecule has 15 heteroatoms. The third-order valence-corrected chi connectivity index (χ3v) is 10.4. The molecule has 1 heterocycles. The second kappa shape index (κ2) is 21.1. The zero-order valence-electron chi connectivity index (χ0n) is 34.4. The maximum Gasteiger partial charge on any atom is 0.411 e. The number of carbonyl (C=O) groups excluding carboxylic acids is 2. The summed E-state index contributed by atoms with van der Waals surface area (Å²) in [6.45, 7) is 7.62. The molecule has 3 aromatic rings. The maximum atomic E-state index is 14.9. The van der Waals surface area contributed by atoms with E-state index in [2.05, 4.69) is 0 Å². The van der Waals surface area contributed by atoms with Gasteiger partial charge in [0.1, 0.15) is 43.5 Å². The number of alkyl halides is 3. The smallest absolute Gasteiger partial charge is 0.411 e. The Labute approximate surface area is 355 Å². The van der Waals surface area contributed by atoms with E-state index < -0.39 is 30.4 Å². The standard InChI is InChI=1S/C44H55Cl2F3N2O8/c1-29-21-38(45)40(39(46)22-29)58-20-19-56-34-12-8-32(9-13-34)36-14-15-50(42(53)59-43(2,3)4)27-37(36)41(52)51(33-10-11-33)26-31-23-30(7-6-16-54-5)24-35(25-31)57-18-17-55-28-44(47,48)49/h8-9,12-13,21-25,33,36-37H,6-7,10-11,14-20,26-28H2,1-5H3/t36-,37+/m1/s1. The first-order valence-corrected chi connectivity index (χ1v) is 20.7. The fourth-order valence-electron chi connectivity index (χ4n) is 7.09. The molecule has 0 N–H and O–H groups in total. The summed E-state index contributed by atoms with van der Waals surface area (Å²) in [6.07, 6.45) is -1.21. The lowest BCUT2D eigenvalue weighted by Gasteiger charge is -2.40. The molecule has 5 rings (SSSR count). The second-order valence-corrected chi connectivity index (χ2v) is 16.9. The van der Waals surface area contributed by atoms with Crippen LogP contribution in [0.2, 0.25) is 10.0 Å². The molecule has 1 saturated heterocycles. The van der Waals surface area contributed by atoms with Gasteiger partial charge in [-0.3, -0.25) is 4.79 Å². The Kier molecular flexibility index (Phi) is 16.5. The highest BCUT2D eigenvalue weighted by Gasteiger charge is 2.43. The molecule has 0 radical (unpaired) electrons. The third kappa shape index (κ3) is 14.7. The zero-order valence-corrected chi connectivity index (χ0v) is 35.9. The molecule has 0 bridgehead atoms. The van der Waals surface area contributed by atoms with Gasteiger partial charge < -0.3 is 38.2 Å². The quantitative estimate of drug-likeness (QED) is 0.110. The van der Waals surface area contributed by atoms with Gasteiger partial charge in [0.15, 0.2) is 5.75 Å². The van der Waals surface area contributed by atoms with E-state index in [0.717, 1.165) is 41.5 Å². The number of hydrogen-bond donors (Lipinski definition) is 0. The van der Waals surface area contributed by atoms with E-state index in [-0.39, 0.29) is 50.8 Å². The van der Waals surface area contributed by atoms with Crippen molar-refractivity contribution in [2.75, 3.05) is 59.8 Å². The molecule has 0 aromatic heterocycles. The Morgan fingerprint density at radius 3 is 2.12 bits per heavy atom. The Morgan fingerprint density at radius 2 is 1.47 bits per heavy atom. The predicted molar refractivity (Wildman–Crippen MR) is 220 cm³/mol. The number of piperidine rings is 1. The van der Waals surface area contributed by atoms with Crippen LogP contribution in [0.4, 0.5) is 18.0 Å². The van der Waals surface area contributed by atoms with E-state index >= 15 is 0 Å². The first-order valence-electron chi connectivity index (χ1n) is 20.0. The van der Waals surface area contributed by atoms with Crippen molar-refractivity contribution in [3.05, 3.63) is 86.9 Å². The summed E-state index contributed by atoms with van der Waals surface area (Å²) in [7, 11) is 1.63. The first-order chi connectivity index (χ1) is 28.0. The van der Waals surface area contributed by atoms with Gasteiger partial charge >= 0.3 is 12.3 Å². The molecule has 2 fully saturated rings. The Balaban J connectivity index is 1.32. The average Bonchev–Trinajstić information content (AvgIpc) is 4.01. The number of benzene rings is 3. The number of aryl methyl sites for hydroxylation is 2. The minimum absolute atomic E-state index is 0.0278. The molecule has 2 atom stereocenters. The van der Waals surface area contributed by atoms with Crippen molar-refractivity contribution >= 4 is 35.2 Å². The van der Waals surface area contributed by atoms with Gasteiger partial charge in [-0.2, -0.15) is 13.2 Å². The van der Waals surface area contributed by atoms with Crippen LogP contribution in [0.3, 0.4) is 0 Å². The van der Waals surface area contributed by atoms with Crippen molar-refractivity contribution in [3.8, 4) is 17.2 Å². The van der Waals surface area contributed by atoms with E-state index in [4.69, 9.17) is 51.6 Å². The van der Waals surface area contributed by atoms with E-state index in [9.17, 15) is 22.8 Å². The maximum absolute atomic E-state index is 14.9. The Hall–Kier alpha value is -3.91. The van der Waals surface area contributed by atoms with E-state index in [1.807, 2.05) is 75.1 Å². The van der Waals surface area contributed by atoms with Gasteiger partial charge in [-0.15, -0.1) is 0 Å². The number of amides is 2. The molecular formula is C44H55Cl2F3N2O8. The number of likely N-dealkylation sites (tertiary alicyclic amines) is 1. The summed E-state index contributed by atoms with van der Waals surface area (Å²) < 4.78 is 71.1. The highest BCUT2D eigenvalue weighted by Crippen LogP contribution is 2.39. The van der Waals surface area contributed by atoms with Gasteiger partial charge in [-0.25, -0.2) is 4.79 Å². The van der Waals surface area contributed by atoms with E-state index in [1.165, 1.54) is 0 Å². The van der Waals surface area contributed by atoms with Gasteiger partial charge in [0.2, 0.25) is 5.91 Å². The number of carbonyl (C=O) groups is 2. The summed E-state index contributed by atoms with van der Waals surface area (Å²) in [6, 6.07) is 17.0. The summed E-state index contributed by atoms with van der Waals surface area (Å²) in [5.41, 5.74) is 2.97. The molecule has 10 nitrogen and oxygen atoms in total. The van der Waals surface area contributed by atoms with Crippen LogP contribution in [0.25, 0.3) is 0 Å². The molecule has 0 spiro atoms. The first kappa shape index (κ1) is 46.2. The van der Waals surface area contributed by atoms with Crippen LogP contribution in [0, 0.1) is 12.8 Å². The monoisotopic (exact) mass is 866 g/mol. The van der Waals surface area contributed by atoms with Gasteiger partial charge in [0, 0.05) is 39.4 Å². The number of nitrogens with zero attached hydrogens (tertiary/aromatic N) is 2. The van der Waals surface area contributed by atoms with Gasteiger partial charge in [0.05, 0.1) is 22.6 Å². The minimum atomic E-state index is -4.42. The Bertz CT molecular complexity index is 1830. The van der Waals surface area contributed by atoms with Crippen molar-refractivity contribution < 1.29 is 51.2 Å². The SMILES string of the molecule is COCCCc1cc(CN(C(=O)[C@H]2CN(C(=O)OC(C)(C)C)CC[C@@H]2c2ccc(OCCOc3c(Cl)cc(C)cc3Cl)cc2)C2CC2)cc(OCCOCC(F)(F)F)c1. The normalized spacial score (nSPS) is 17.1. The van der Waals surface area contributed by atoms with Crippen LogP contribution in [0.5, 0.6) is 17.2 Å². The topological polar surface area (TPSA) is 96.0 Å². The molecule has 0 unspecified atom stereocenters. The molecule has 324 valence electrons. The minimum Gasteiger partial charge on any atom is -0.491 e. The molecular weight excluding hydrogens is 812 g/mol. The lowest BCUT2D eigenvalue weighted by molar-refractivity contribution is -0.175. The van der Waals surface area contributed by atoms with Crippen LogP contribution in [-0.2, 0) is 32.0 Å². The fourth-order valence-corrected chi connectivity index (χ4v) is 7.80. The van der Waals surface area contributed by atoms with Crippen molar-refractivity contribution in [2.24, 2.45) is 5.92 Å².